The van der Waals surface area contributed by atoms with Gasteiger partial charge in [0.2, 0.25) is 5.91 Å². The maximum absolute atomic E-state index is 15.1. The maximum Gasteiger partial charge on any atom is 0.256 e. The number of benzene rings is 3. The molecule has 1 unspecified atom stereocenters. The van der Waals surface area contributed by atoms with Crippen LogP contribution in [0.5, 0.6) is 0 Å². The van der Waals surface area contributed by atoms with Gasteiger partial charge in [0.15, 0.2) is 17.6 Å². The number of Topliss-reactive ketones (excluding diaryl/α,β-unsaturated/α-hetero) is 2. The number of para-hydroxylation sites is 1. The number of furan rings is 1. The molecule has 6 nitrogen and oxygen atoms in total. The highest BCUT2D eigenvalue weighted by molar-refractivity contribution is 6.15. The Hall–Kier alpha value is -4.62. The molecule has 2 N–H and O–H groups in total. The summed E-state index contributed by atoms with van der Waals surface area (Å²) in [4.78, 5) is 43.5. The Kier molecular flexibility index (Phi) is 4.87. The van der Waals surface area contributed by atoms with E-state index in [4.69, 9.17) is 4.42 Å². The highest BCUT2D eigenvalue weighted by Gasteiger charge is 2.74. The number of ketones is 2. The van der Waals surface area contributed by atoms with Crippen molar-refractivity contribution in [2.75, 3.05) is 5.32 Å². The van der Waals surface area contributed by atoms with E-state index in [-0.39, 0.29) is 17.2 Å². The first-order chi connectivity index (χ1) is 18.5. The maximum atomic E-state index is 15.1. The fourth-order valence-electron chi connectivity index (χ4n) is 6.77. The topological polar surface area (TPSA) is 80.8 Å². The van der Waals surface area contributed by atoms with Crippen molar-refractivity contribution in [1.82, 2.24) is 0 Å². The van der Waals surface area contributed by atoms with Gasteiger partial charge in [-0.1, -0.05) is 54.6 Å². The summed E-state index contributed by atoms with van der Waals surface area (Å²) >= 11 is 0. The number of hydrogen-bond acceptors (Lipinski definition) is 4. The molecule has 1 spiro atoms. The zero-order valence-electron chi connectivity index (χ0n) is 20.1. The molecule has 38 heavy (non-hydrogen) atoms. The van der Waals surface area contributed by atoms with Crippen LogP contribution >= 0.6 is 0 Å². The van der Waals surface area contributed by atoms with Crippen LogP contribution in [0.3, 0.4) is 0 Å². The molecular weight excluding hydrogens is 483 g/mol. The van der Waals surface area contributed by atoms with Crippen LogP contribution < -0.4 is 10.2 Å². The van der Waals surface area contributed by atoms with Gasteiger partial charge in [-0.2, -0.15) is 0 Å². The quantitative estimate of drug-likeness (QED) is 0.411. The van der Waals surface area contributed by atoms with Gasteiger partial charge < -0.3 is 9.73 Å². The van der Waals surface area contributed by atoms with Crippen molar-refractivity contribution in [2.24, 2.45) is 5.92 Å². The number of carbonyl (C=O) groups excluding carboxylic acids is 3. The molecule has 3 aliphatic heterocycles. The number of nitrogens with one attached hydrogen (secondary N) is 2. The average molecular weight is 506 g/mol. The molecular formula is C31H22FN2O4+. The van der Waals surface area contributed by atoms with Gasteiger partial charge in [-0.15, -0.1) is 0 Å². The SMILES string of the molecule is O=C(c1ccco1)[C@H]1[C@H](C(=O)c2ccccc2F)[C@]2(C(=O)Nc3ccccc32)[C@H]2c3ccccc3C=C[NH+]12. The number of rotatable bonds is 4. The van der Waals surface area contributed by atoms with Gasteiger partial charge in [-0.3, -0.25) is 19.3 Å². The van der Waals surface area contributed by atoms with Crippen molar-refractivity contribution in [2.45, 2.75) is 17.5 Å². The van der Waals surface area contributed by atoms with E-state index in [1.165, 1.54) is 24.5 Å². The molecule has 0 aliphatic carbocycles. The van der Waals surface area contributed by atoms with Crippen molar-refractivity contribution < 1.29 is 28.1 Å². The molecule has 4 heterocycles. The summed E-state index contributed by atoms with van der Waals surface area (Å²) in [5.74, 6) is -3.20. The Morgan fingerprint density at radius 2 is 1.66 bits per heavy atom. The van der Waals surface area contributed by atoms with Crippen LogP contribution in [0, 0.1) is 11.7 Å². The zero-order chi connectivity index (χ0) is 26.0. The lowest BCUT2D eigenvalue weighted by atomic mass is 9.62. The number of hydrogen-bond donors (Lipinski definition) is 2. The average Bonchev–Trinajstić information content (AvgIpc) is 3.65. The lowest BCUT2D eigenvalue weighted by Crippen LogP contribution is -3.12. The van der Waals surface area contributed by atoms with Gasteiger partial charge in [0.1, 0.15) is 23.2 Å². The number of carbonyl (C=O) groups is 3. The van der Waals surface area contributed by atoms with E-state index >= 15 is 4.39 Å². The van der Waals surface area contributed by atoms with Crippen LogP contribution in [-0.2, 0) is 10.2 Å². The predicted molar refractivity (Wildman–Crippen MR) is 137 cm³/mol. The lowest BCUT2D eigenvalue weighted by Gasteiger charge is -2.34. The van der Waals surface area contributed by atoms with Gasteiger partial charge in [0.25, 0.3) is 5.78 Å². The van der Waals surface area contributed by atoms with E-state index in [2.05, 4.69) is 5.32 Å². The van der Waals surface area contributed by atoms with Gasteiger partial charge in [-0.25, -0.2) is 4.39 Å². The first-order valence-electron chi connectivity index (χ1n) is 12.4. The third-order valence-corrected chi connectivity index (χ3v) is 8.20. The van der Waals surface area contributed by atoms with E-state index in [1.807, 2.05) is 54.7 Å². The highest BCUT2D eigenvalue weighted by atomic mass is 19.1. The fourth-order valence-corrected chi connectivity index (χ4v) is 6.77. The van der Waals surface area contributed by atoms with Crippen LogP contribution in [0.4, 0.5) is 10.1 Å². The van der Waals surface area contributed by atoms with Crippen LogP contribution in [-0.4, -0.2) is 23.5 Å². The van der Waals surface area contributed by atoms with E-state index in [0.29, 0.717) is 16.2 Å². The van der Waals surface area contributed by atoms with Gasteiger partial charge in [0, 0.05) is 11.3 Å². The molecule has 1 saturated heterocycles. The molecule has 1 fully saturated rings. The first-order valence-corrected chi connectivity index (χ1v) is 12.4. The standard InChI is InChI=1S/C31H21FN2O4/c32-22-12-5-3-10-20(22)27(35)25-26(28(36)24-14-7-17-38-24)34-16-15-18-8-1-2-9-19(18)29(34)31(25)21-11-4-6-13-23(21)33-30(31)37/h1-17,25-26,29H,(H,33,37)/p+1/t25-,26-,29-,31+/m1/s1. The minimum Gasteiger partial charge on any atom is -0.461 e. The Balaban J connectivity index is 1.56. The van der Waals surface area contributed by atoms with E-state index < -0.39 is 40.8 Å². The van der Waals surface area contributed by atoms with Crippen LogP contribution in [0.25, 0.3) is 6.08 Å². The van der Waals surface area contributed by atoms with Crippen LogP contribution in [0.1, 0.15) is 43.6 Å². The summed E-state index contributed by atoms with van der Waals surface area (Å²) in [6, 6.07) is 22.1. The second-order valence-corrected chi connectivity index (χ2v) is 9.90. The third-order valence-electron chi connectivity index (χ3n) is 8.20. The largest absolute Gasteiger partial charge is 0.461 e. The number of anilines is 1. The molecule has 3 aromatic carbocycles. The summed E-state index contributed by atoms with van der Waals surface area (Å²) in [5, 5.41) is 2.98. The molecule has 7 heteroatoms. The predicted octanol–water partition coefficient (Wildman–Crippen LogP) is 3.98. The molecule has 0 radical (unpaired) electrons. The van der Waals surface area contributed by atoms with Gasteiger partial charge in [0.05, 0.1) is 18.0 Å². The van der Waals surface area contributed by atoms with Gasteiger partial charge in [-0.05, 0) is 47.5 Å². The van der Waals surface area contributed by atoms with E-state index in [0.717, 1.165) is 11.1 Å². The Morgan fingerprint density at radius 1 is 0.895 bits per heavy atom. The number of amides is 1. The van der Waals surface area contributed by atoms with Gasteiger partial charge >= 0.3 is 0 Å². The van der Waals surface area contributed by atoms with Crippen molar-refractivity contribution in [3.63, 3.8) is 0 Å². The van der Waals surface area contributed by atoms with E-state index in [1.54, 1.807) is 24.3 Å². The van der Waals surface area contributed by atoms with Crippen LogP contribution in [0.2, 0.25) is 0 Å². The number of halogens is 1. The normalized spacial score (nSPS) is 26.5. The first kappa shape index (κ1) is 22.6. The second kappa shape index (κ2) is 8.19. The molecule has 186 valence electrons. The molecule has 0 saturated carbocycles. The smallest absolute Gasteiger partial charge is 0.256 e. The molecule has 1 aromatic heterocycles. The summed E-state index contributed by atoms with van der Waals surface area (Å²) < 4.78 is 20.6. The minimum atomic E-state index is -1.47. The third kappa shape index (κ3) is 2.87. The molecule has 1 amide bonds. The van der Waals surface area contributed by atoms with E-state index in [9.17, 15) is 14.4 Å². The monoisotopic (exact) mass is 505 g/mol. The summed E-state index contributed by atoms with van der Waals surface area (Å²) in [6.07, 6.45) is 5.16. The zero-order valence-corrected chi connectivity index (χ0v) is 20.1. The fraction of sp³-hybridized carbons (Fsp3) is 0.129. The van der Waals surface area contributed by atoms with Crippen molar-refractivity contribution >= 4 is 29.2 Å². The minimum absolute atomic E-state index is 0.0867. The molecule has 3 aliphatic rings. The summed E-state index contributed by atoms with van der Waals surface area (Å²) in [5.41, 5.74) is 1.34. The van der Waals surface area contributed by atoms with Crippen molar-refractivity contribution in [1.29, 1.82) is 0 Å². The summed E-state index contributed by atoms with van der Waals surface area (Å²) in [7, 11) is 0. The Morgan fingerprint density at radius 3 is 2.47 bits per heavy atom. The molecule has 4 aromatic rings. The Labute approximate surface area is 217 Å². The lowest BCUT2D eigenvalue weighted by molar-refractivity contribution is -0.884. The molecule has 0 bridgehead atoms. The van der Waals surface area contributed by atoms with Crippen molar-refractivity contribution in [3.8, 4) is 0 Å². The molecule has 7 rings (SSSR count). The van der Waals surface area contributed by atoms with Crippen LogP contribution in [0.15, 0.2) is 102 Å². The number of quaternary nitrogens is 1. The summed E-state index contributed by atoms with van der Waals surface area (Å²) in [6.45, 7) is 0. The molecule has 5 atom stereocenters. The highest BCUT2D eigenvalue weighted by Crippen LogP contribution is 2.55. The Bertz CT molecular complexity index is 1660. The second-order valence-electron chi connectivity index (χ2n) is 9.90. The van der Waals surface area contributed by atoms with Crippen molar-refractivity contribution in [3.05, 3.63) is 131 Å². The number of fused-ring (bicyclic) bond motifs is 6.